The lowest BCUT2D eigenvalue weighted by Gasteiger charge is -2.12. The van der Waals surface area contributed by atoms with Crippen molar-refractivity contribution in [3.8, 4) is 0 Å². The minimum atomic E-state index is -1.01. The van der Waals surface area contributed by atoms with Crippen LogP contribution in [0.15, 0.2) is 60.7 Å². The Hall–Kier alpha value is -2.17. The van der Waals surface area contributed by atoms with Crippen molar-refractivity contribution in [2.24, 2.45) is 0 Å². The number of carbonyl (C=O) groups excluding carboxylic acids is 1. The Morgan fingerprint density at radius 2 is 1.55 bits per heavy atom. The van der Waals surface area contributed by atoms with Crippen molar-refractivity contribution in [2.45, 2.75) is 6.29 Å². The normalized spacial score (nSPS) is 11.8. The second-order valence-corrected chi connectivity index (χ2v) is 4.14. The highest BCUT2D eigenvalue weighted by molar-refractivity contribution is 5.89. The molecule has 1 atom stereocenters. The highest BCUT2D eigenvalue weighted by Crippen LogP contribution is 2.12. The number of benzene rings is 2. The summed E-state index contributed by atoms with van der Waals surface area (Å²) in [5.41, 5.74) is 1.16. The van der Waals surface area contributed by atoms with E-state index in [1.807, 2.05) is 24.3 Å². The molecular weight excluding hydrogens is 256 g/mol. The molecule has 0 saturated heterocycles. The summed E-state index contributed by atoms with van der Waals surface area (Å²) in [4.78, 5) is 11.6. The molecule has 4 nitrogen and oxygen atoms in total. The molecule has 0 aliphatic carbocycles. The summed E-state index contributed by atoms with van der Waals surface area (Å²) in [6.45, 7) is 0.228. The monoisotopic (exact) mass is 272 g/mol. The Morgan fingerprint density at radius 1 is 0.950 bits per heavy atom. The first-order chi connectivity index (χ1) is 9.77. The molecule has 0 heterocycles. The van der Waals surface area contributed by atoms with E-state index >= 15 is 0 Å². The van der Waals surface area contributed by atoms with Crippen molar-refractivity contribution in [1.82, 2.24) is 0 Å². The van der Waals surface area contributed by atoms with Crippen molar-refractivity contribution < 1.29 is 19.4 Å². The Bertz CT molecular complexity index is 525. The summed E-state index contributed by atoms with van der Waals surface area (Å²) in [5.74, 6) is -0.400. The van der Waals surface area contributed by atoms with Crippen LogP contribution in [0.2, 0.25) is 0 Å². The second kappa shape index (κ2) is 7.43. The molecule has 0 radical (unpaired) electrons. The zero-order valence-electron chi connectivity index (χ0n) is 10.9. The maximum Gasteiger partial charge on any atom is 0.338 e. The quantitative estimate of drug-likeness (QED) is 0.499. The standard InChI is InChI=1S/C16H16O4/c17-15(13-7-3-1-4-8-13)19-11-12-20-16(18)14-9-5-2-6-10-14/h1-10,15,17H,11-12H2. The van der Waals surface area contributed by atoms with Gasteiger partial charge in [0.2, 0.25) is 0 Å². The van der Waals surface area contributed by atoms with Gasteiger partial charge in [-0.15, -0.1) is 0 Å². The smallest absolute Gasteiger partial charge is 0.338 e. The Morgan fingerprint density at radius 3 is 2.20 bits per heavy atom. The molecule has 0 amide bonds. The van der Waals surface area contributed by atoms with E-state index in [4.69, 9.17) is 9.47 Å². The molecule has 0 spiro atoms. The van der Waals surface area contributed by atoms with Gasteiger partial charge in [-0.25, -0.2) is 4.79 Å². The Labute approximate surface area is 117 Å². The molecule has 0 aromatic heterocycles. The summed E-state index contributed by atoms with van der Waals surface area (Å²) in [7, 11) is 0. The zero-order valence-corrected chi connectivity index (χ0v) is 10.9. The molecular formula is C16H16O4. The fourth-order valence-electron chi connectivity index (χ4n) is 1.67. The largest absolute Gasteiger partial charge is 0.460 e. The van der Waals surface area contributed by atoms with Crippen LogP contribution >= 0.6 is 0 Å². The van der Waals surface area contributed by atoms with E-state index in [0.717, 1.165) is 0 Å². The molecule has 2 rings (SSSR count). The first kappa shape index (κ1) is 14.2. The van der Waals surface area contributed by atoms with Crippen molar-refractivity contribution in [1.29, 1.82) is 0 Å². The molecule has 1 unspecified atom stereocenters. The molecule has 104 valence electrons. The van der Waals surface area contributed by atoms with E-state index < -0.39 is 12.3 Å². The minimum Gasteiger partial charge on any atom is -0.460 e. The lowest BCUT2D eigenvalue weighted by molar-refractivity contribution is -0.111. The molecule has 2 aromatic rings. The number of ether oxygens (including phenoxy) is 2. The van der Waals surface area contributed by atoms with Gasteiger partial charge in [0.1, 0.15) is 6.61 Å². The predicted octanol–water partition coefficient (Wildman–Crippen LogP) is 2.55. The lowest BCUT2D eigenvalue weighted by Crippen LogP contribution is -2.13. The van der Waals surface area contributed by atoms with Crippen LogP contribution in [0.3, 0.4) is 0 Å². The van der Waals surface area contributed by atoms with Gasteiger partial charge in [0.15, 0.2) is 6.29 Å². The van der Waals surface area contributed by atoms with Crippen LogP contribution in [0.5, 0.6) is 0 Å². The molecule has 4 heteroatoms. The summed E-state index contributed by atoms with van der Waals surface area (Å²) in [6.07, 6.45) is -1.01. The molecule has 0 saturated carbocycles. The Balaban J connectivity index is 1.71. The third-order valence-electron chi connectivity index (χ3n) is 2.69. The average Bonchev–Trinajstić information content (AvgIpc) is 2.53. The first-order valence-electron chi connectivity index (χ1n) is 6.34. The number of aliphatic hydroxyl groups is 1. The molecule has 0 aliphatic heterocycles. The summed E-state index contributed by atoms with van der Waals surface area (Å²) < 4.78 is 10.2. The van der Waals surface area contributed by atoms with Gasteiger partial charge < -0.3 is 14.6 Å². The highest BCUT2D eigenvalue weighted by Gasteiger charge is 2.08. The predicted molar refractivity (Wildman–Crippen MR) is 74.1 cm³/mol. The molecule has 1 N–H and O–H groups in total. The van der Waals surface area contributed by atoms with Gasteiger partial charge in [-0.2, -0.15) is 0 Å². The van der Waals surface area contributed by atoms with Crippen LogP contribution in [0, 0.1) is 0 Å². The molecule has 0 aliphatic rings. The van der Waals surface area contributed by atoms with Crippen molar-refractivity contribution in [3.05, 3.63) is 71.8 Å². The van der Waals surface area contributed by atoms with E-state index in [9.17, 15) is 9.90 Å². The van der Waals surface area contributed by atoms with Crippen LogP contribution in [-0.2, 0) is 9.47 Å². The third-order valence-corrected chi connectivity index (χ3v) is 2.69. The number of esters is 1. The summed E-state index contributed by atoms with van der Waals surface area (Å²) >= 11 is 0. The minimum absolute atomic E-state index is 0.0949. The highest BCUT2D eigenvalue weighted by atomic mass is 16.6. The lowest BCUT2D eigenvalue weighted by atomic mass is 10.2. The number of aliphatic hydroxyl groups excluding tert-OH is 1. The fraction of sp³-hybridized carbons (Fsp3) is 0.188. The molecule has 0 bridgehead atoms. The first-order valence-corrected chi connectivity index (χ1v) is 6.34. The van der Waals surface area contributed by atoms with Crippen molar-refractivity contribution in [2.75, 3.05) is 13.2 Å². The van der Waals surface area contributed by atoms with Crippen LogP contribution in [-0.4, -0.2) is 24.3 Å². The third kappa shape index (κ3) is 4.19. The topological polar surface area (TPSA) is 55.8 Å². The fourth-order valence-corrected chi connectivity index (χ4v) is 1.67. The van der Waals surface area contributed by atoms with Gasteiger partial charge in [0, 0.05) is 5.56 Å². The maximum atomic E-state index is 11.6. The maximum absolute atomic E-state index is 11.6. The van der Waals surface area contributed by atoms with E-state index in [1.54, 1.807) is 36.4 Å². The molecule has 20 heavy (non-hydrogen) atoms. The SMILES string of the molecule is O=C(OCCOC(O)c1ccccc1)c1ccccc1. The van der Waals surface area contributed by atoms with Gasteiger partial charge in [0.25, 0.3) is 0 Å². The van der Waals surface area contributed by atoms with Gasteiger partial charge in [0.05, 0.1) is 12.2 Å². The van der Waals surface area contributed by atoms with E-state index in [-0.39, 0.29) is 13.2 Å². The van der Waals surface area contributed by atoms with Crippen molar-refractivity contribution >= 4 is 5.97 Å². The van der Waals surface area contributed by atoms with Crippen LogP contribution in [0.1, 0.15) is 22.2 Å². The Kier molecular flexibility index (Phi) is 5.29. The number of carbonyl (C=O) groups is 1. The van der Waals surface area contributed by atoms with Crippen LogP contribution < -0.4 is 0 Å². The van der Waals surface area contributed by atoms with E-state index in [2.05, 4.69) is 0 Å². The molecule has 2 aromatic carbocycles. The number of hydrogen-bond acceptors (Lipinski definition) is 4. The summed E-state index contributed by atoms with van der Waals surface area (Å²) in [6, 6.07) is 17.8. The second-order valence-electron chi connectivity index (χ2n) is 4.14. The zero-order chi connectivity index (χ0) is 14.2. The van der Waals surface area contributed by atoms with Crippen molar-refractivity contribution in [3.63, 3.8) is 0 Å². The molecule has 0 fully saturated rings. The van der Waals surface area contributed by atoms with Gasteiger partial charge in [-0.1, -0.05) is 48.5 Å². The number of rotatable bonds is 6. The van der Waals surface area contributed by atoms with E-state index in [1.165, 1.54) is 0 Å². The van der Waals surface area contributed by atoms with Crippen LogP contribution in [0.25, 0.3) is 0 Å². The average molecular weight is 272 g/mol. The van der Waals surface area contributed by atoms with Gasteiger partial charge in [-0.05, 0) is 12.1 Å². The van der Waals surface area contributed by atoms with E-state index in [0.29, 0.717) is 11.1 Å². The number of hydrogen-bond donors (Lipinski definition) is 1. The van der Waals surface area contributed by atoms with Gasteiger partial charge >= 0.3 is 5.97 Å². The van der Waals surface area contributed by atoms with Crippen LogP contribution in [0.4, 0.5) is 0 Å². The summed E-state index contributed by atoms with van der Waals surface area (Å²) in [5, 5.41) is 9.74. The van der Waals surface area contributed by atoms with Gasteiger partial charge in [-0.3, -0.25) is 0 Å².